The van der Waals surface area contributed by atoms with Crippen molar-refractivity contribution >= 4 is 11.8 Å². The minimum atomic E-state index is -1.18. The number of aromatic nitrogens is 1. The average Bonchev–Trinajstić information content (AvgIpc) is 2.62. The highest BCUT2D eigenvalue weighted by Gasteiger charge is 2.35. The molecule has 0 aliphatic carbocycles. The van der Waals surface area contributed by atoms with Crippen LogP contribution in [0.5, 0.6) is 0 Å². The molecule has 2 amide bonds. The van der Waals surface area contributed by atoms with Crippen molar-refractivity contribution in [2.45, 2.75) is 26.8 Å². The third-order valence-corrected chi connectivity index (χ3v) is 3.95. The van der Waals surface area contributed by atoms with E-state index in [1.165, 1.54) is 12.1 Å². The first-order valence-corrected chi connectivity index (χ1v) is 8.09. The molecule has 0 saturated carbocycles. The van der Waals surface area contributed by atoms with Crippen LogP contribution in [0.4, 0.5) is 4.39 Å². The lowest BCUT2D eigenvalue weighted by atomic mass is 9.91. The Kier molecular flexibility index (Phi) is 6.22. The molecule has 1 heterocycles. The lowest BCUT2D eigenvalue weighted by molar-refractivity contribution is -0.141. The van der Waals surface area contributed by atoms with E-state index < -0.39 is 5.41 Å². The Morgan fingerprint density at radius 1 is 0.960 bits per heavy atom. The van der Waals surface area contributed by atoms with Gasteiger partial charge >= 0.3 is 0 Å². The summed E-state index contributed by atoms with van der Waals surface area (Å²) >= 11 is 0. The molecular formula is C19H22FN3O2. The van der Waals surface area contributed by atoms with Gasteiger partial charge in [0.15, 0.2) is 0 Å². The summed E-state index contributed by atoms with van der Waals surface area (Å²) in [5.74, 6) is -0.981. The second-order valence-electron chi connectivity index (χ2n) is 6.30. The Hall–Kier alpha value is -2.76. The number of halogens is 1. The van der Waals surface area contributed by atoms with Crippen molar-refractivity contribution in [3.8, 4) is 0 Å². The second kappa shape index (κ2) is 8.37. The van der Waals surface area contributed by atoms with Crippen LogP contribution in [0.1, 0.15) is 25.0 Å². The zero-order valence-electron chi connectivity index (χ0n) is 14.4. The number of carbonyl (C=O) groups is 2. The van der Waals surface area contributed by atoms with Gasteiger partial charge in [0, 0.05) is 25.5 Å². The van der Waals surface area contributed by atoms with Gasteiger partial charge in [-0.2, -0.15) is 0 Å². The van der Waals surface area contributed by atoms with E-state index in [2.05, 4.69) is 15.6 Å². The second-order valence-corrected chi connectivity index (χ2v) is 6.30. The van der Waals surface area contributed by atoms with Crippen LogP contribution in [-0.4, -0.2) is 23.3 Å². The molecule has 2 N–H and O–H groups in total. The van der Waals surface area contributed by atoms with Crippen LogP contribution in [0.2, 0.25) is 0 Å². The van der Waals surface area contributed by atoms with Crippen molar-refractivity contribution in [2.24, 2.45) is 5.41 Å². The van der Waals surface area contributed by atoms with Crippen LogP contribution in [0.15, 0.2) is 48.8 Å². The zero-order valence-corrected chi connectivity index (χ0v) is 14.4. The lowest BCUT2D eigenvalue weighted by Gasteiger charge is -2.22. The number of hydrogen-bond donors (Lipinski definition) is 2. The number of amides is 2. The maximum Gasteiger partial charge on any atom is 0.235 e. The summed E-state index contributed by atoms with van der Waals surface area (Å²) in [6.45, 7) is 3.89. The van der Waals surface area contributed by atoms with Gasteiger partial charge < -0.3 is 10.6 Å². The van der Waals surface area contributed by atoms with Crippen molar-refractivity contribution in [2.75, 3.05) is 6.54 Å². The van der Waals surface area contributed by atoms with E-state index >= 15 is 0 Å². The molecule has 0 atom stereocenters. The molecule has 0 saturated heterocycles. The third kappa shape index (κ3) is 5.38. The molecule has 2 aromatic rings. The molecule has 132 valence electrons. The summed E-state index contributed by atoms with van der Waals surface area (Å²) in [5.41, 5.74) is 0.646. The maximum atomic E-state index is 12.9. The van der Waals surface area contributed by atoms with Gasteiger partial charge in [-0.3, -0.25) is 14.6 Å². The van der Waals surface area contributed by atoms with Gasteiger partial charge in [-0.25, -0.2) is 4.39 Å². The predicted octanol–water partition coefficient (Wildman–Crippen LogP) is 2.22. The quantitative estimate of drug-likeness (QED) is 0.757. The molecule has 6 heteroatoms. The average molecular weight is 343 g/mol. The Morgan fingerprint density at radius 2 is 1.56 bits per heavy atom. The number of hydrogen-bond acceptors (Lipinski definition) is 3. The molecule has 0 fully saturated rings. The number of rotatable bonds is 7. The fraction of sp³-hybridized carbons (Fsp3) is 0.316. The number of nitrogens with zero attached hydrogens (tertiary/aromatic N) is 1. The Bertz CT molecular complexity index is 715. The van der Waals surface area contributed by atoms with Crippen LogP contribution >= 0.6 is 0 Å². The van der Waals surface area contributed by atoms with Crippen molar-refractivity contribution in [3.05, 3.63) is 65.7 Å². The number of pyridine rings is 1. The molecule has 2 rings (SSSR count). The Morgan fingerprint density at radius 3 is 2.20 bits per heavy atom. The van der Waals surface area contributed by atoms with Crippen molar-refractivity contribution in [1.82, 2.24) is 15.6 Å². The topological polar surface area (TPSA) is 71.1 Å². The fourth-order valence-corrected chi connectivity index (χ4v) is 2.20. The largest absolute Gasteiger partial charge is 0.355 e. The minimum Gasteiger partial charge on any atom is -0.355 e. The number of carbonyl (C=O) groups excluding carboxylic acids is 2. The summed E-state index contributed by atoms with van der Waals surface area (Å²) in [5, 5.41) is 5.53. The van der Waals surface area contributed by atoms with Crippen molar-refractivity contribution < 1.29 is 14.0 Å². The molecule has 0 bridgehead atoms. The van der Waals surface area contributed by atoms with Gasteiger partial charge in [0.25, 0.3) is 0 Å². The van der Waals surface area contributed by atoms with Gasteiger partial charge in [0.2, 0.25) is 11.8 Å². The van der Waals surface area contributed by atoms with E-state index in [0.717, 1.165) is 11.1 Å². The van der Waals surface area contributed by atoms with Gasteiger partial charge in [0.05, 0.1) is 0 Å². The summed E-state index contributed by atoms with van der Waals surface area (Å²) in [6, 6.07) is 9.72. The summed E-state index contributed by atoms with van der Waals surface area (Å²) < 4.78 is 12.9. The first kappa shape index (κ1) is 18.6. The normalized spacial score (nSPS) is 11.0. The van der Waals surface area contributed by atoms with E-state index in [1.54, 1.807) is 50.5 Å². The molecule has 0 spiro atoms. The molecule has 0 unspecified atom stereocenters. The van der Waals surface area contributed by atoms with Crippen LogP contribution < -0.4 is 10.6 Å². The first-order valence-electron chi connectivity index (χ1n) is 8.09. The highest BCUT2D eigenvalue weighted by atomic mass is 19.1. The highest BCUT2D eigenvalue weighted by Crippen LogP contribution is 2.16. The third-order valence-electron chi connectivity index (χ3n) is 3.95. The van der Waals surface area contributed by atoms with Crippen molar-refractivity contribution in [3.63, 3.8) is 0 Å². The van der Waals surface area contributed by atoms with Crippen LogP contribution in [0.3, 0.4) is 0 Å². The van der Waals surface area contributed by atoms with E-state index in [1.807, 2.05) is 0 Å². The summed E-state index contributed by atoms with van der Waals surface area (Å²) in [6.07, 6.45) is 3.87. The SMILES string of the molecule is CC(C)(C(=O)NCCc1ccc(F)cc1)C(=O)NCc1ccncc1. The van der Waals surface area contributed by atoms with E-state index in [0.29, 0.717) is 19.5 Å². The van der Waals surface area contributed by atoms with E-state index in [9.17, 15) is 14.0 Å². The van der Waals surface area contributed by atoms with Crippen molar-refractivity contribution in [1.29, 1.82) is 0 Å². The molecule has 1 aromatic carbocycles. The number of benzene rings is 1. The zero-order chi connectivity index (χ0) is 18.3. The summed E-state index contributed by atoms with van der Waals surface area (Å²) in [4.78, 5) is 28.6. The fourth-order valence-electron chi connectivity index (χ4n) is 2.20. The smallest absolute Gasteiger partial charge is 0.235 e. The molecule has 0 aliphatic rings. The summed E-state index contributed by atoms with van der Waals surface area (Å²) in [7, 11) is 0. The molecule has 0 radical (unpaired) electrons. The predicted molar refractivity (Wildman–Crippen MR) is 93.0 cm³/mol. The van der Waals surface area contributed by atoms with Crippen LogP contribution in [-0.2, 0) is 22.6 Å². The first-order chi connectivity index (χ1) is 11.9. The lowest BCUT2D eigenvalue weighted by Crippen LogP contribution is -2.48. The maximum absolute atomic E-state index is 12.9. The monoisotopic (exact) mass is 343 g/mol. The van der Waals surface area contributed by atoms with Crippen LogP contribution in [0.25, 0.3) is 0 Å². The molecule has 1 aromatic heterocycles. The van der Waals surface area contributed by atoms with Gasteiger partial charge in [0.1, 0.15) is 11.2 Å². The highest BCUT2D eigenvalue weighted by molar-refractivity contribution is 6.04. The minimum absolute atomic E-state index is 0.292. The standard InChI is InChI=1S/C19H22FN3O2/c1-19(2,18(25)23-13-15-7-10-21-11-8-15)17(24)22-12-9-14-3-5-16(20)6-4-14/h3-8,10-11H,9,12-13H2,1-2H3,(H,22,24)(H,23,25). The molecule has 5 nitrogen and oxygen atoms in total. The van der Waals surface area contributed by atoms with Crippen LogP contribution in [0, 0.1) is 11.2 Å². The number of nitrogens with one attached hydrogen (secondary N) is 2. The van der Waals surface area contributed by atoms with E-state index in [-0.39, 0.29) is 17.6 Å². The molecule has 25 heavy (non-hydrogen) atoms. The van der Waals surface area contributed by atoms with Gasteiger partial charge in [-0.05, 0) is 55.7 Å². The van der Waals surface area contributed by atoms with E-state index in [4.69, 9.17) is 0 Å². The molecule has 0 aliphatic heterocycles. The van der Waals surface area contributed by atoms with Gasteiger partial charge in [-0.15, -0.1) is 0 Å². The molecular weight excluding hydrogens is 321 g/mol. The van der Waals surface area contributed by atoms with Gasteiger partial charge in [-0.1, -0.05) is 12.1 Å². The Labute approximate surface area is 146 Å². The Balaban J connectivity index is 1.81.